The maximum absolute atomic E-state index is 4.64. The standard InChI is InChI=1S/C35H50N4/c1-9-12-14-16-17-28(4)19-21-31(7)39-35(38-27-37-11-3)30(6)20-26-34(36-8)33-24-22-32(23-25-33)29(5)18-15-13-10-2/h9,11-12,14,16-17,19-26,29,31H,6,10,13,15,18,27H2,1-5,7-8H3,(H,38,39)/b12-9-,16-14-,21-19+,26-20-,28-17+,36-34?,37-11-. The van der Waals surface area contributed by atoms with E-state index in [1.807, 2.05) is 57.4 Å². The van der Waals surface area contributed by atoms with Crippen LogP contribution >= 0.6 is 0 Å². The molecule has 0 spiro atoms. The van der Waals surface area contributed by atoms with Crippen LogP contribution in [-0.2, 0) is 0 Å². The molecule has 0 saturated carbocycles. The van der Waals surface area contributed by atoms with Gasteiger partial charge in [-0.2, -0.15) is 0 Å². The first-order valence-electron chi connectivity index (χ1n) is 14.2. The number of nitrogens with one attached hydrogen (secondary N) is 1. The van der Waals surface area contributed by atoms with Gasteiger partial charge in [-0.3, -0.25) is 9.98 Å². The number of allylic oxidation sites excluding steroid dienone is 8. The Bertz CT molecular complexity index is 1090. The van der Waals surface area contributed by atoms with Crippen molar-refractivity contribution in [2.24, 2.45) is 15.0 Å². The van der Waals surface area contributed by atoms with Crippen LogP contribution in [0.25, 0.3) is 0 Å². The number of hydrogen-bond donors (Lipinski definition) is 1. The maximum atomic E-state index is 4.64. The molecule has 0 aromatic heterocycles. The summed E-state index contributed by atoms with van der Waals surface area (Å²) in [6.45, 7) is 17.3. The summed E-state index contributed by atoms with van der Waals surface area (Å²) in [5.41, 5.74) is 5.34. The minimum absolute atomic E-state index is 0.0635. The third-order valence-corrected chi connectivity index (χ3v) is 6.28. The van der Waals surface area contributed by atoms with Crippen molar-refractivity contribution in [3.63, 3.8) is 0 Å². The van der Waals surface area contributed by atoms with E-state index in [2.05, 4.69) is 97.1 Å². The Labute approximate surface area is 238 Å². The van der Waals surface area contributed by atoms with E-state index in [9.17, 15) is 0 Å². The number of benzene rings is 1. The summed E-state index contributed by atoms with van der Waals surface area (Å²) >= 11 is 0. The van der Waals surface area contributed by atoms with Crippen LogP contribution in [0.5, 0.6) is 0 Å². The molecule has 1 N–H and O–H groups in total. The second-order valence-electron chi connectivity index (χ2n) is 9.69. The topological polar surface area (TPSA) is 49.1 Å². The van der Waals surface area contributed by atoms with Gasteiger partial charge in [0.25, 0.3) is 0 Å². The van der Waals surface area contributed by atoms with Gasteiger partial charge in [-0.1, -0.05) is 112 Å². The van der Waals surface area contributed by atoms with Crippen LogP contribution in [0, 0.1) is 0 Å². The Morgan fingerprint density at radius 1 is 1.00 bits per heavy atom. The predicted molar refractivity (Wildman–Crippen MR) is 176 cm³/mol. The van der Waals surface area contributed by atoms with E-state index in [-0.39, 0.29) is 6.04 Å². The highest BCUT2D eigenvalue weighted by Gasteiger charge is 2.08. The number of amidine groups is 1. The van der Waals surface area contributed by atoms with Crippen molar-refractivity contribution in [2.45, 2.75) is 79.2 Å². The average Bonchev–Trinajstić information content (AvgIpc) is 2.94. The monoisotopic (exact) mass is 526 g/mol. The largest absolute Gasteiger partial charge is 0.364 e. The molecule has 0 aliphatic heterocycles. The highest BCUT2D eigenvalue weighted by atomic mass is 15.0. The van der Waals surface area contributed by atoms with Crippen molar-refractivity contribution in [1.82, 2.24) is 5.32 Å². The van der Waals surface area contributed by atoms with Gasteiger partial charge in [0.1, 0.15) is 12.5 Å². The fourth-order valence-corrected chi connectivity index (χ4v) is 3.84. The Morgan fingerprint density at radius 2 is 1.74 bits per heavy atom. The molecule has 1 rings (SSSR count). The Hall–Kier alpha value is -3.53. The van der Waals surface area contributed by atoms with Gasteiger partial charge in [0, 0.05) is 18.7 Å². The van der Waals surface area contributed by atoms with Crippen molar-refractivity contribution >= 4 is 17.8 Å². The molecule has 0 aliphatic carbocycles. The van der Waals surface area contributed by atoms with Gasteiger partial charge >= 0.3 is 0 Å². The van der Waals surface area contributed by atoms with Crippen LogP contribution in [0.3, 0.4) is 0 Å². The lowest BCUT2D eigenvalue weighted by molar-refractivity contribution is 0.598. The van der Waals surface area contributed by atoms with E-state index in [1.54, 1.807) is 6.21 Å². The molecule has 4 heteroatoms. The molecule has 0 fully saturated rings. The molecule has 0 heterocycles. The molecule has 0 aliphatic rings. The molecule has 1 aromatic carbocycles. The lowest BCUT2D eigenvalue weighted by Gasteiger charge is -2.15. The maximum Gasteiger partial charge on any atom is 0.131 e. The molecule has 0 saturated heterocycles. The summed E-state index contributed by atoms with van der Waals surface area (Å²) < 4.78 is 0. The third kappa shape index (κ3) is 14.3. The smallest absolute Gasteiger partial charge is 0.131 e. The first-order valence-corrected chi connectivity index (χ1v) is 14.2. The molecular weight excluding hydrogens is 476 g/mol. The number of nitrogens with zero attached hydrogens (tertiary/aromatic N) is 3. The second kappa shape index (κ2) is 20.4. The summed E-state index contributed by atoms with van der Waals surface area (Å²) in [7, 11) is 1.82. The lowest BCUT2D eigenvalue weighted by atomic mass is 9.93. The molecule has 0 amide bonds. The van der Waals surface area contributed by atoms with Gasteiger partial charge in [-0.25, -0.2) is 4.99 Å². The van der Waals surface area contributed by atoms with E-state index >= 15 is 0 Å². The fraction of sp³-hybridized carbons (Fsp3) is 0.400. The minimum atomic E-state index is 0.0635. The third-order valence-electron chi connectivity index (χ3n) is 6.28. The molecule has 210 valence electrons. The van der Waals surface area contributed by atoms with Crippen molar-refractivity contribution in [2.75, 3.05) is 13.7 Å². The predicted octanol–water partition coefficient (Wildman–Crippen LogP) is 8.96. The summed E-state index contributed by atoms with van der Waals surface area (Å²) in [6.07, 6.45) is 25.2. The highest BCUT2D eigenvalue weighted by Crippen LogP contribution is 2.22. The Kier molecular flexibility index (Phi) is 17.6. The van der Waals surface area contributed by atoms with Gasteiger partial charge in [-0.15, -0.1) is 0 Å². The summed E-state index contributed by atoms with van der Waals surface area (Å²) in [6, 6.07) is 8.87. The quantitative estimate of drug-likeness (QED) is 0.0993. The first-order chi connectivity index (χ1) is 18.9. The molecule has 39 heavy (non-hydrogen) atoms. The van der Waals surface area contributed by atoms with Crippen molar-refractivity contribution in [1.29, 1.82) is 0 Å². The molecule has 0 radical (unpaired) electrons. The fourth-order valence-electron chi connectivity index (χ4n) is 3.84. The molecule has 2 atom stereocenters. The number of rotatable bonds is 16. The van der Waals surface area contributed by atoms with Crippen LogP contribution in [0.4, 0.5) is 0 Å². The van der Waals surface area contributed by atoms with E-state index in [0.29, 0.717) is 12.6 Å². The van der Waals surface area contributed by atoms with E-state index < -0.39 is 0 Å². The van der Waals surface area contributed by atoms with Crippen LogP contribution in [0.1, 0.15) is 84.3 Å². The zero-order valence-corrected chi connectivity index (χ0v) is 25.3. The molecule has 4 nitrogen and oxygen atoms in total. The minimum Gasteiger partial charge on any atom is -0.364 e. The van der Waals surface area contributed by atoms with Crippen molar-refractivity contribution in [3.05, 3.63) is 108 Å². The first kappa shape index (κ1) is 33.5. The van der Waals surface area contributed by atoms with Gasteiger partial charge in [0.2, 0.25) is 0 Å². The van der Waals surface area contributed by atoms with Gasteiger partial charge in [0.05, 0.1) is 5.71 Å². The molecular formula is C35H50N4. The highest BCUT2D eigenvalue weighted by molar-refractivity contribution is 6.10. The molecule has 1 aromatic rings. The van der Waals surface area contributed by atoms with E-state index in [0.717, 1.165) is 22.7 Å². The van der Waals surface area contributed by atoms with Crippen molar-refractivity contribution < 1.29 is 0 Å². The molecule has 0 bridgehead atoms. The Balaban J connectivity index is 2.95. The summed E-state index contributed by atoms with van der Waals surface area (Å²) in [4.78, 5) is 13.4. The van der Waals surface area contributed by atoms with Gasteiger partial charge in [0.15, 0.2) is 0 Å². The Morgan fingerprint density at radius 3 is 2.38 bits per heavy atom. The number of aliphatic imine (C=N–C) groups is 3. The SMILES string of the molecule is C=C(/C=C\C(=NC)c1ccc(C(C)CCCCC)cc1)/C(=N/C/N=C\C)NC(C)/C=C/C(C)=C/C=C\C=C/C. The molecule has 2 unspecified atom stereocenters. The van der Waals surface area contributed by atoms with Gasteiger partial charge in [-0.05, 0) is 69.5 Å². The number of hydrogen-bond acceptors (Lipinski definition) is 3. The average molecular weight is 527 g/mol. The van der Waals surface area contributed by atoms with E-state index in [4.69, 9.17) is 0 Å². The summed E-state index contributed by atoms with van der Waals surface area (Å²) in [5, 5.41) is 3.47. The van der Waals surface area contributed by atoms with Crippen LogP contribution in [-0.4, -0.2) is 37.5 Å². The normalized spacial score (nSPS) is 15.4. The van der Waals surface area contributed by atoms with Crippen molar-refractivity contribution in [3.8, 4) is 0 Å². The lowest BCUT2D eigenvalue weighted by Crippen LogP contribution is -2.32. The van der Waals surface area contributed by atoms with Gasteiger partial charge < -0.3 is 5.32 Å². The zero-order valence-electron chi connectivity index (χ0n) is 25.3. The van der Waals surface area contributed by atoms with Crippen LogP contribution in [0.15, 0.2) is 112 Å². The van der Waals surface area contributed by atoms with Crippen LogP contribution < -0.4 is 5.32 Å². The van der Waals surface area contributed by atoms with Crippen LogP contribution in [0.2, 0.25) is 0 Å². The van der Waals surface area contributed by atoms with E-state index in [1.165, 1.54) is 36.8 Å². The second-order valence-corrected chi connectivity index (χ2v) is 9.69. The summed E-state index contributed by atoms with van der Waals surface area (Å²) in [5.74, 6) is 1.29. The zero-order chi connectivity index (χ0) is 28.9. The number of unbranched alkanes of at least 4 members (excludes halogenated alkanes) is 2.